The summed E-state index contributed by atoms with van der Waals surface area (Å²) in [5, 5.41) is 13.2. The first-order valence-electron chi connectivity index (χ1n) is 8.84. The first-order chi connectivity index (χ1) is 12.7. The number of hydrogen-bond donors (Lipinski definition) is 3. The Labute approximate surface area is 166 Å². The van der Waals surface area contributed by atoms with E-state index in [0.29, 0.717) is 25.3 Å². The molecule has 9 heteroatoms. The second-order valence-electron chi connectivity index (χ2n) is 6.48. The molecular formula is C18H25F3N4S2. The molecular weight excluding hydrogens is 393 g/mol. The standard InChI is InChI=1S/C18H25F3N4S2/c1-11(24-9-4-3-5-14(23)18(19,20)21)15-16(13-6-7-13)27-17(25-15)12(2)26-10-8-22/h8,10,12-13,23-24H,1,3-7,9,22H2,2H3/b10-8-,23-14?. The number of alkyl halides is 3. The number of nitrogens with zero attached hydrogens (tertiary/aromatic N) is 1. The molecule has 1 aliphatic rings. The van der Waals surface area contributed by atoms with Gasteiger partial charge in [0.1, 0.15) is 16.4 Å². The number of aromatic nitrogens is 1. The van der Waals surface area contributed by atoms with Gasteiger partial charge >= 0.3 is 6.18 Å². The first-order valence-corrected chi connectivity index (χ1v) is 10.6. The first kappa shape index (κ1) is 21.8. The van der Waals surface area contributed by atoms with Gasteiger partial charge in [-0.2, -0.15) is 13.2 Å². The topological polar surface area (TPSA) is 74.8 Å². The van der Waals surface area contributed by atoms with E-state index in [2.05, 4.69) is 18.8 Å². The summed E-state index contributed by atoms with van der Waals surface area (Å²) in [6.07, 6.45) is -0.0830. The van der Waals surface area contributed by atoms with Crippen molar-refractivity contribution >= 4 is 34.5 Å². The minimum Gasteiger partial charge on any atom is -0.404 e. The zero-order valence-corrected chi connectivity index (χ0v) is 16.9. The van der Waals surface area contributed by atoms with E-state index in [0.717, 1.165) is 29.2 Å². The highest BCUT2D eigenvalue weighted by Crippen LogP contribution is 2.47. The van der Waals surface area contributed by atoms with Gasteiger partial charge in [0.05, 0.1) is 10.9 Å². The molecule has 0 amide bonds. The monoisotopic (exact) mass is 418 g/mol. The SMILES string of the molecule is C=C(NCCCCC(=N)C(F)(F)F)c1nc(C(C)S/C=C\N)sc1C1CC1. The maximum Gasteiger partial charge on any atom is 0.428 e. The van der Waals surface area contributed by atoms with Crippen molar-refractivity contribution in [1.82, 2.24) is 10.3 Å². The van der Waals surface area contributed by atoms with Crippen molar-refractivity contribution in [3.8, 4) is 0 Å². The Kier molecular flexibility index (Phi) is 7.79. The number of unbranched alkanes of at least 4 members (excludes halogenated alkanes) is 1. The van der Waals surface area contributed by atoms with Gasteiger partial charge in [-0.25, -0.2) is 4.98 Å². The molecule has 0 spiro atoms. The van der Waals surface area contributed by atoms with Crippen LogP contribution in [-0.2, 0) is 0 Å². The average Bonchev–Trinajstić information content (AvgIpc) is 3.36. The highest BCUT2D eigenvalue weighted by Gasteiger charge is 2.33. The number of rotatable bonds is 11. The lowest BCUT2D eigenvalue weighted by Gasteiger charge is -2.10. The van der Waals surface area contributed by atoms with E-state index in [1.54, 1.807) is 23.1 Å². The van der Waals surface area contributed by atoms with Crippen LogP contribution in [0.2, 0.25) is 0 Å². The van der Waals surface area contributed by atoms with Crippen molar-refractivity contribution in [2.24, 2.45) is 5.73 Å². The van der Waals surface area contributed by atoms with Crippen molar-refractivity contribution in [3.63, 3.8) is 0 Å². The summed E-state index contributed by atoms with van der Waals surface area (Å²) in [4.78, 5) is 6.00. The lowest BCUT2D eigenvalue weighted by Crippen LogP contribution is -2.22. The number of hydrogen-bond acceptors (Lipinski definition) is 6. The summed E-state index contributed by atoms with van der Waals surface area (Å²) in [6.45, 7) is 6.67. The third-order valence-corrected chi connectivity index (χ3v) is 6.64. The summed E-state index contributed by atoms with van der Waals surface area (Å²) < 4.78 is 36.9. The molecule has 1 aromatic rings. The van der Waals surface area contributed by atoms with E-state index in [1.807, 2.05) is 5.41 Å². The van der Waals surface area contributed by atoms with E-state index in [9.17, 15) is 13.2 Å². The highest BCUT2D eigenvalue weighted by atomic mass is 32.2. The fourth-order valence-electron chi connectivity index (χ4n) is 2.47. The van der Waals surface area contributed by atoms with Crippen molar-refractivity contribution in [2.75, 3.05) is 6.54 Å². The molecule has 4 N–H and O–H groups in total. The highest BCUT2D eigenvalue weighted by molar-refractivity contribution is 8.02. The second kappa shape index (κ2) is 9.64. The van der Waals surface area contributed by atoms with Gasteiger partial charge in [0.2, 0.25) is 0 Å². The molecule has 0 saturated heterocycles. The summed E-state index contributed by atoms with van der Waals surface area (Å²) in [5.41, 5.74) is 5.83. The molecule has 2 rings (SSSR count). The third-order valence-electron chi connectivity index (χ3n) is 4.15. The van der Waals surface area contributed by atoms with Crippen LogP contribution in [0.4, 0.5) is 13.2 Å². The summed E-state index contributed by atoms with van der Waals surface area (Å²) in [5.74, 6) is 0.541. The quantitative estimate of drug-likeness (QED) is 0.325. The van der Waals surface area contributed by atoms with Gasteiger partial charge in [0, 0.05) is 17.6 Å². The van der Waals surface area contributed by atoms with E-state index in [4.69, 9.17) is 16.1 Å². The van der Waals surface area contributed by atoms with Crippen LogP contribution >= 0.6 is 23.1 Å². The van der Waals surface area contributed by atoms with Crippen LogP contribution in [0.1, 0.15) is 65.8 Å². The number of nitrogens with one attached hydrogen (secondary N) is 2. The third kappa shape index (κ3) is 6.57. The van der Waals surface area contributed by atoms with Crippen LogP contribution in [0, 0.1) is 5.41 Å². The molecule has 4 nitrogen and oxygen atoms in total. The zero-order chi connectivity index (χ0) is 20.0. The van der Waals surface area contributed by atoms with Crippen LogP contribution in [0.3, 0.4) is 0 Å². The molecule has 0 bridgehead atoms. The van der Waals surface area contributed by atoms with E-state index >= 15 is 0 Å². The molecule has 150 valence electrons. The van der Waals surface area contributed by atoms with E-state index in [1.165, 1.54) is 11.1 Å². The molecule has 1 fully saturated rings. The number of nitrogens with two attached hydrogens (primary N) is 1. The second-order valence-corrected chi connectivity index (χ2v) is 8.80. The summed E-state index contributed by atoms with van der Waals surface area (Å²) in [6, 6.07) is 0. The number of thioether (sulfide) groups is 1. The maximum absolute atomic E-state index is 12.3. The lowest BCUT2D eigenvalue weighted by molar-refractivity contribution is -0.0613. The van der Waals surface area contributed by atoms with Crippen molar-refractivity contribution < 1.29 is 13.2 Å². The van der Waals surface area contributed by atoms with E-state index < -0.39 is 11.9 Å². The van der Waals surface area contributed by atoms with Crippen molar-refractivity contribution in [1.29, 1.82) is 5.41 Å². The largest absolute Gasteiger partial charge is 0.428 e. The molecule has 1 atom stereocenters. The zero-order valence-electron chi connectivity index (χ0n) is 15.2. The minimum atomic E-state index is -4.51. The molecule has 1 saturated carbocycles. The van der Waals surface area contributed by atoms with Gasteiger partial charge in [-0.3, -0.25) is 0 Å². The fraction of sp³-hybridized carbons (Fsp3) is 0.556. The molecule has 1 aromatic heterocycles. The number of halogens is 3. The maximum atomic E-state index is 12.3. The van der Waals surface area contributed by atoms with Gasteiger partial charge in [-0.15, -0.1) is 23.1 Å². The van der Waals surface area contributed by atoms with Crippen LogP contribution in [0.5, 0.6) is 0 Å². The van der Waals surface area contributed by atoms with Crippen LogP contribution in [0.25, 0.3) is 5.70 Å². The predicted molar refractivity (Wildman–Crippen MR) is 108 cm³/mol. The molecule has 0 radical (unpaired) electrons. The van der Waals surface area contributed by atoms with Gasteiger partial charge in [0.15, 0.2) is 0 Å². The Morgan fingerprint density at radius 2 is 2.19 bits per heavy atom. The molecule has 1 unspecified atom stereocenters. The average molecular weight is 419 g/mol. The lowest BCUT2D eigenvalue weighted by atomic mass is 10.1. The molecule has 0 aromatic carbocycles. The Hall–Kier alpha value is -1.48. The molecule has 1 heterocycles. The van der Waals surface area contributed by atoms with Crippen LogP contribution in [-0.4, -0.2) is 23.4 Å². The molecule has 27 heavy (non-hydrogen) atoms. The fourth-order valence-corrected chi connectivity index (χ4v) is 4.48. The van der Waals surface area contributed by atoms with Crippen molar-refractivity contribution in [3.05, 3.63) is 33.8 Å². The molecule has 1 aliphatic carbocycles. The Morgan fingerprint density at radius 3 is 2.78 bits per heavy atom. The van der Waals surface area contributed by atoms with E-state index in [-0.39, 0.29) is 11.7 Å². The smallest absolute Gasteiger partial charge is 0.404 e. The summed E-state index contributed by atoms with van der Waals surface area (Å²) in [7, 11) is 0. The van der Waals surface area contributed by atoms with Crippen LogP contribution in [0.15, 0.2) is 18.2 Å². The van der Waals surface area contributed by atoms with Gasteiger partial charge < -0.3 is 16.5 Å². The van der Waals surface area contributed by atoms with Crippen LogP contribution < -0.4 is 11.1 Å². The van der Waals surface area contributed by atoms with Gasteiger partial charge in [-0.05, 0) is 50.4 Å². The summed E-state index contributed by atoms with van der Waals surface area (Å²) >= 11 is 3.31. The van der Waals surface area contributed by atoms with Gasteiger partial charge in [0.25, 0.3) is 0 Å². The Bertz CT molecular complexity index is 693. The van der Waals surface area contributed by atoms with Crippen molar-refractivity contribution in [2.45, 2.75) is 56.4 Å². The predicted octanol–water partition coefficient (Wildman–Crippen LogP) is 5.56. The Balaban J connectivity index is 1.88. The van der Waals surface area contributed by atoms with Gasteiger partial charge in [-0.1, -0.05) is 6.58 Å². The minimum absolute atomic E-state index is 0.197. The number of thiazole rings is 1. The normalized spacial score (nSPS) is 15.9. The Morgan fingerprint density at radius 1 is 1.48 bits per heavy atom. The molecule has 0 aliphatic heterocycles.